The third-order valence-electron chi connectivity index (χ3n) is 2.53. The summed E-state index contributed by atoms with van der Waals surface area (Å²) in [6.45, 7) is 1.96. The van der Waals surface area contributed by atoms with Crippen LogP contribution in [0.3, 0.4) is 0 Å². The first kappa shape index (κ1) is 8.20. The fraction of sp³-hybridized carbons (Fsp3) is 0.889. The molecule has 12 heavy (non-hydrogen) atoms. The van der Waals surface area contributed by atoms with Crippen LogP contribution in [0.15, 0.2) is 0 Å². The molecule has 1 aliphatic heterocycles. The fourth-order valence-corrected chi connectivity index (χ4v) is 1.47. The van der Waals surface area contributed by atoms with Crippen LogP contribution in [-0.4, -0.2) is 31.6 Å². The molecule has 1 unspecified atom stereocenters. The molecule has 1 saturated carbocycles. The van der Waals surface area contributed by atoms with Gasteiger partial charge in [0.1, 0.15) is 0 Å². The standard InChI is InChI=1S/C9H15NO2/c11-9(5-10-8-1-2-8)7-3-4-12-6-7/h7-8,10H,1-6H2. The Morgan fingerprint density at radius 1 is 1.42 bits per heavy atom. The third-order valence-corrected chi connectivity index (χ3v) is 2.53. The molecule has 0 radical (unpaired) electrons. The molecule has 2 fully saturated rings. The Bertz CT molecular complexity index is 171. The Morgan fingerprint density at radius 2 is 2.25 bits per heavy atom. The lowest BCUT2D eigenvalue weighted by Crippen LogP contribution is -2.29. The molecule has 1 atom stereocenters. The second-order valence-corrected chi connectivity index (χ2v) is 3.68. The van der Waals surface area contributed by atoms with Crippen molar-refractivity contribution in [2.24, 2.45) is 5.92 Å². The molecule has 2 rings (SSSR count). The Labute approximate surface area is 72.5 Å². The highest BCUT2D eigenvalue weighted by molar-refractivity contribution is 5.83. The van der Waals surface area contributed by atoms with Crippen LogP contribution in [-0.2, 0) is 9.53 Å². The lowest BCUT2D eigenvalue weighted by molar-refractivity contribution is -0.122. The number of hydrogen-bond acceptors (Lipinski definition) is 3. The first-order valence-corrected chi connectivity index (χ1v) is 4.70. The number of ketones is 1. The van der Waals surface area contributed by atoms with E-state index in [9.17, 15) is 4.79 Å². The number of hydrogen-bond donors (Lipinski definition) is 1. The molecule has 3 heteroatoms. The maximum absolute atomic E-state index is 11.4. The van der Waals surface area contributed by atoms with E-state index in [-0.39, 0.29) is 5.92 Å². The van der Waals surface area contributed by atoms with Crippen LogP contribution in [0.25, 0.3) is 0 Å². The van der Waals surface area contributed by atoms with Crippen molar-refractivity contribution in [3.8, 4) is 0 Å². The van der Waals surface area contributed by atoms with E-state index in [2.05, 4.69) is 5.32 Å². The number of Topliss-reactive ketones (excluding diaryl/α,β-unsaturated/α-hetero) is 1. The Hall–Kier alpha value is -0.410. The summed E-state index contributed by atoms with van der Waals surface area (Å²) in [6.07, 6.45) is 3.41. The maximum atomic E-state index is 11.4. The van der Waals surface area contributed by atoms with Crippen molar-refractivity contribution in [3.05, 3.63) is 0 Å². The Balaban J connectivity index is 1.67. The molecule has 1 heterocycles. The van der Waals surface area contributed by atoms with Gasteiger partial charge in [-0.1, -0.05) is 0 Å². The first-order valence-electron chi connectivity index (χ1n) is 4.70. The van der Waals surface area contributed by atoms with E-state index < -0.39 is 0 Å². The van der Waals surface area contributed by atoms with Crippen LogP contribution >= 0.6 is 0 Å². The van der Waals surface area contributed by atoms with Gasteiger partial charge in [-0.15, -0.1) is 0 Å². The number of ether oxygens (including phenoxy) is 1. The minimum atomic E-state index is 0.177. The summed E-state index contributed by atoms with van der Waals surface area (Å²) in [7, 11) is 0. The molecule has 0 amide bonds. The number of rotatable bonds is 4. The van der Waals surface area contributed by atoms with Gasteiger partial charge < -0.3 is 10.1 Å². The summed E-state index contributed by atoms with van der Waals surface area (Å²) >= 11 is 0. The number of nitrogens with one attached hydrogen (secondary N) is 1. The molecular formula is C9H15NO2. The third kappa shape index (κ3) is 2.05. The predicted octanol–water partition coefficient (Wildman–Crippen LogP) is 0.344. The summed E-state index contributed by atoms with van der Waals surface area (Å²) in [6, 6.07) is 0.635. The van der Waals surface area contributed by atoms with Crippen molar-refractivity contribution in [3.63, 3.8) is 0 Å². The van der Waals surface area contributed by atoms with E-state index in [4.69, 9.17) is 4.74 Å². The normalized spacial score (nSPS) is 29.2. The number of carbonyl (C=O) groups is 1. The minimum Gasteiger partial charge on any atom is -0.381 e. The second kappa shape index (κ2) is 3.54. The number of carbonyl (C=O) groups excluding carboxylic acids is 1. The van der Waals surface area contributed by atoms with Crippen molar-refractivity contribution in [1.82, 2.24) is 5.32 Å². The molecular weight excluding hydrogens is 154 g/mol. The van der Waals surface area contributed by atoms with Gasteiger partial charge in [-0.3, -0.25) is 4.79 Å². The zero-order chi connectivity index (χ0) is 8.39. The fourth-order valence-electron chi connectivity index (χ4n) is 1.47. The summed E-state index contributed by atoms with van der Waals surface area (Å²) in [4.78, 5) is 11.4. The molecule has 0 spiro atoms. The molecule has 1 saturated heterocycles. The van der Waals surface area contributed by atoms with Gasteiger partial charge in [-0.05, 0) is 19.3 Å². The molecule has 1 aliphatic carbocycles. The van der Waals surface area contributed by atoms with Crippen LogP contribution in [0, 0.1) is 5.92 Å². The quantitative estimate of drug-likeness (QED) is 0.659. The topological polar surface area (TPSA) is 38.3 Å². The lowest BCUT2D eigenvalue weighted by Gasteiger charge is -2.06. The van der Waals surface area contributed by atoms with Gasteiger partial charge in [0.2, 0.25) is 0 Å². The van der Waals surface area contributed by atoms with Crippen molar-refractivity contribution in [2.45, 2.75) is 25.3 Å². The van der Waals surface area contributed by atoms with Crippen molar-refractivity contribution in [2.75, 3.05) is 19.8 Å². The highest BCUT2D eigenvalue weighted by Gasteiger charge is 2.26. The van der Waals surface area contributed by atoms with Crippen LogP contribution < -0.4 is 5.32 Å². The van der Waals surface area contributed by atoms with E-state index in [1.165, 1.54) is 12.8 Å². The van der Waals surface area contributed by atoms with Crippen molar-refractivity contribution >= 4 is 5.78 Å². The van der Waals surface area contributed by atoms with Crippen LogP contribution in [0.4, 0.5) is 0 Å². The summed E-state index contributed by atoms with van der Waals surface area (Å²) in [5.41, 5.74) is 0. The van der Waals surface area contributed by atoms with E-state index in [0.29, 0.717) is 25.0 Å². The molecule has 0 aromatic carbocycles. The molecule has 0 bridgehead atoms. The SMILES string of the molecule is O=C(CNC1CC1)C1CCOC1. The minimum absolute atomic E-state index is 0.177. The zero-order valence-corrected chi connectivity index (χ0v) is 7.21. The van der Waals surface area contributed by atoms with Gasteiger partial charge in [0.15, 0.2) is 5.78 Å². The summed E-state index contributed by atoms with van der Waals surface area (Å²) < 4.78 is 5.15. The van der Waals surface area contributed by atoms with Crippen LogP contribution in [0.5, 0.6) is 0 Å². The van der Waals surface area contributed by atoms with Gasteiger partial charge in [0.05, 0.1) is 13.2 Å². The molecule has 68 valence electrons. The molecule has 0 aromatic rings. The van der Waals surface area contributed by atoms with Crippen LogP contribution in [0.2, 0.25) is 0 Å². The van der Waals surface area contributed by atoms with Gasteiger partial charge in [-0.25, -0.2) is 0 Å². The maximum Gasteiger partial charge on any atom is 0.152 e. The molecule has 3 nitrogen and oxygen atoms in total. The lowest BCUT2D eigenvalue weighted by atomic mass is 10.0. The average molecular weight is 169 g/mol. The van der Waals surface area contributed by atoms with E-state index in [1.54, 1.807) is 0 Å². The smallest absolute Gasteiger partial charge is 0.152 e. The largest absolute Gasteiger partial charge is 0.381 e. The molecule has 0 aromatic heterocycles. The monoisotopic (exact) mass is 169 g/mol. The predicted molar refractivity (Wildman–Crippen MR) is 45.0 cm³/mol. The van der Waals surface area contributed by atoms with Crippen LogP contribution in [0.1, 0.15) is 19.3 Å². The van der Waals surface area contributed by atoms with Gasteiger partial charge in [-0.2, -0.15) is 0 Å². The molecule has 1 N–H and O–H groups in total. The second-order valence-electron chi connectivity index (χ2n) is 3.68. The van der Waals surface area contributed by atoms with Crippen molar-refractivity contribution in [1.29, 1.82) is 0 Å². The average Bonchev–Trinajstić information content (AvgIpc) is 2.74. The van der Waals surface area contributed by atoms with Gasteiger partial charge in [0, 0.05) is 18.6 Å². The van der Waals surface area contributed by atoms with Crippen molar-refractivity contribution < 1.29 is 9.53 Å². The van der Waals surface area contributed by atoms with E-state index in [0.717, 1.165) is 13.0 Å². The summed E-state index contributed by atoms with van der Waals surface area (Å²) in [5.74, 6) is 0.510. The van der Waals surface area contributed by atoms with Gasteiger partial charge >= 0.3 is 0 Å². The highest BCUT2D eigenvalue weighted by Crippen LogP contribution is 2.19. The molecule has 2 aliphatic rings. The van der Waals surface area contributed by atoms with E-state index in [1.807, 2.05) is 0 Å². The Kier molecular flexibility index (Phi) is 2.42. The zero-order valence-electron chi connectivity index (χ0n) is 7.21. The summed E-state index contributed by atoms with van der Waals surface area (Å²) in [5, 5.41) is 3.23. The Morgan fingerprint density at radius 3 is 2.83 bits per heavy atom. The highest BCUT2D eigenvalue weighted by atomic mass is 16.5. The van der Waals surface area contributed by atoms with E-state index >= 15 is 0 Å². The van der Waals surface area contributed by atoms with Gasteiger partial charge in [0.25, 0.3) is 0 Å². The first-order chi connectivity index (χ1) is 5.86.